The van der Waals surface area contributed by atoms with E-state index in [1.165, 1.54) is 0 Å². The molecule has 14 nitrogen and oxygen atoms in total. The first-order valence-electron chi connectivity index (χ1n) is 21.9. The third-order valence-electron chi connectivity index (χ3n) is 13.0. The number of hydrogen-bond acceptors (Lipinski definition) is 10. The molecule has 60 heavy (non-hydrogen) atoms. The van der Waals surface area contributed by atoms with E-state index in [9.17, 15) is 22.8 Å². The van der Waals surface area contributed by atoms with Gasteiger partial charge in [0.2, 0.25) is 21.8 Å². The van der Waals surface area contributed by atoms with Crippen molar-refractivity contribution < 1.29 is 37.2 Å². The number of nitrogens with one attached hydrogen (secondary N) is 3. The van der Waals surface area contributed by atoms with Crippen molar-refractivity contribution in [2.75, 3.05) is 20.6 Å². The molecular formula is C45H58N6O8S. The Hall–Kier alpha value is -4.76. The molecule has 2 aliphatic heterocycles. The number of sulfonamides is 1. The molecule has 6 aliphatic rings. The summed E-state index contributed by atoms with van der Waals surface area (Å²) in [6.45, 7) is 0.708. The van der Waals surface area contributed by atoms with Crippen LogP contribution in [-0.4, -0.2) is 110 Å². The van der Waals surface area contributed by atoms with Crippen LogP contribution >= 0.6 is 0 Å². The zero-order chi connectivity index (χ0) is 42.0. The predicted octanol–water partition coefficient (Wildman–Crippen LogP) is 5.16. The van der Waals surface area contributed by atoms with E-state index in [0.29, 0.717) is 57.2 Å². The largest absolute Gasteiger partial charge is 0.446 e. The van der Waals surface area contributed by atoms with E-state index in [-0.39, 0.29) is 18.9 Å². The molecule has 8 rings (SSSR count). The number of oxime groups is 1. The summed E-state index contributed by atoms with van der Waals surface area (Å²) in [6, 6.07) is 13.2. The number of carbonyl (C=O) groups excluding carboxylic acids is 4. The van der Waals surface area contributed by atoms with Crippen LogP contribution in [0.3, 0.4) is 0 Å². The Kier molecular flexibility index (Phi) is 12.4. The minimum atomic E-state index is -3.91. The van der Waals surface area contributed by atoms with Gasteiger partial charge in [-0.25, -0.2) is 13.2 Å². The fraction of sp³-hybridized carbons (Fsp3) is 0.578. The third-order valence-corrected chi connectivity index (χ3v) is 14.9. The Balaban J connectivity index is 1.15. The molecule has 0 bridgehead atoms. The maximum Gasteiger partial charge on any atom is 0.408 e. The Labute approximate surface area is 352 Å². The van der Waals surface area contributed by atoms with Gasteiger partial charge in [-0.05, 0) is 109 Å². The average molecular weight is 843 g/mol. The highest BCUT2D eigenvalue weighted by molar-refractivity contribution is 7.91. The second-order valence-corrected chi connectivity index (χ2v) is 19.7. The van der Waals surface area contributed by atoms with Gasteiger partial charge in [-0.1, -0.05) is 78.7 Å². The first kappa shape index (κ1) is 42.0. The molecule has 0 aromatic heterocycles. The molecule has 15 heteroatoms. The summed E-state index contributed by atoms with van der Waals surface area (Å²) in [7, 11) is 0.0362. The number of allylic oxidation sites excluding steroid dienone is 1. The minimum absolute atomic E-state index is 0.0576. The molecule has 0 spiro atoms. The number of benzene rings is 2. The molecule has 2 aromatic carbocycles. The lowest BCUT2D eigenvalue weighted by Gasteiger charge is -2.34. The fourth-order valence-corrected chi connectivity index (χ4v) is 10.9. The van der Waals surface area contributed by atoms with Crippen LogP contribution in [0.4, 0.5) is 4.79 Å². The summed E-state index contributed by atoms with van der Waals surface area (Å²) in [5, 5.41) is 10.1. The average Bonchev–Trinajstić information content (AvgIpc) is 4.07. The van der Waals surface area contributed by atoms with E-state index in [1.807, 2.05) is 74.8 Å². The van der Waals surface area contributed by atoms with Crippen molar-refractivity contribution in [3.8, 4) is 11.1 Å². The van der Waals surface area contributed by atoms with Crippen molar-refractivity contribution in [3.05, 3.63) is 71.8 Å². The summed E-state index contributed by atoms with van der Waals surface area (Å²) in [4.78, 5) is 67.7. The van der Waals surface area contributed by atoms with Gasteiger partial charge < -0.3 is 30.0 Å². The first-order valence-corrected chi connectivity index (χ1v) is 23.4. The normalized spacial score (nSPS) is 28.6. The SMILES string of the molecule is CN(C)CCC[C@H]1[C@H](ON=C2c3ccccc3-c3ccccc32)CC2C(=O)NC3(C(=O)NS(=O)(=O)C4CC4)CC3/C=C\CCCCCC(NC(=O)OC3CCCC3)C(=O)N21. The van der Waals surface area contributed by atoms with Crippen molar-refractivity contribution in [2.24, 2.45) is 11.1 Å². The molecule has 3 saturated carbocycles. The van der Waals surface area contributed by atoms with Gasteiger partial charge in [-0.3, -0.25) is 19.1 Å². The van der Waals surface area contributed by atoms with Gasteiger partial charge in [-0.2, -0.15) is 0 Å². The molecule has 2 heterocycles. The standard InChI is InChI=1S/C45H58N6O8S/c1-50(2)26-14-23-37-39(59-48-40-34-20-12-10-18-32(34)33-19-11-13-21-35(33)40)27-38-41(52)47-45(43(54)49-60(56,57)31-24-25-31)28-29(45)15-6-4-3-5-7-22-36(42(53)51(37)38)46-44(55)58-30-16-8-9-17-30/h6,10-13,15,18-21,29-31,36-39H,3-5,7-9,14,16-17,22-28H2,1-2H3,(H,46,55)(H,47,52)(H,49,54)/b15-6-/t29?,36?,37-,38?,39+,45?/m0/s1. The van der Waals surface area contributed by atoms with Crippen LogP contribution in [0.15, 0.2) is 65.8 Å². The number of hydrogen-bond donors (Lipinski definition) is 3. The van der Waals surface area contributed by atoms with Crippen molar-refractivity contribution in [3.63, 3.8) is 0 Å². The Bertz CT molecular complexity index is 2080. The Morgan fingerprint density at radius 3 is 2.25 bits per heavy atom. The van der Waals surface area contributed by atoms with Crippen LogP contribution in [-0.2, 0) is 34.0 Å². The van der Waals surface area contributed by atoms with Crippen LogP contribution in [0.25, 0.3) is 11.1 Å². The summed E-state index contributed by atoms with van der Waals surface area (Å²) < 4.78 is 34.1. The highest BCUT2D eigenvalue weighted by Gasteiger charge is 2.62. The smallest absolute Gasteiger partial charge is 0.408 e. The van der Waals surface area contributed by atoms with Crippen LogP contribution < -0.4 is 15.4 Å². The zero-order valence-corrected chi connectivity index (χ0v) is 35.5. The summed E-state index contributed by atoms with van der Waals surface area (Å²) in [5.41, 5.74) is 3.04. The summed E-state index contributed by atoms with van der Waals surface area (Å²) >= 11 is 0. The number of rotatable bonds is 11. The highest BCUT2D eigenvalue weighted by Crippen LogP contribution is 2.46. The van der Waals surface area contributed by atoms with E-state index in [2.05, 4.69) is 20.3 Å². The van der Waals surface area contributed by atoms with Gasteiger partial charge in [0.15, 0.2) is 0 Å². The Morgan fingerprint density at radius 2 is 1.58 bits per heavy atom. The molecule has 2 aromatic rings. The molecule has 4 aliphatic carbocycles. The summed E-state index contributed by atoms with van der Waals surface area (Å²) in [6.07, 6.45) is 11.4. The molecular weight excluding hydrogens is 785 g/mol. The predicted molar refractivity (Wildman–Crippen MR) is 226 cm³/mol. The zero-order valence-electron chi connectivity index (χ0n) is 34.6. The lowest BCUT2D eigenvalue weighted by atomic mass is 10.0. The highest BCUT2D eigenvalue weighted by atomic mass is 32.2. The van der Waals surface area contributed by atoms with Crippen molar-refractivity contribution in [1.82, 2.24) is 25.2 Å². The molecule has 3 N–H and O–H groups in total. The molecule has 6 atom stereocenters. The van der Waals surface area contributed by atoms with Gasteiger partial charge in [0, 0.05) is 23.5 Å². The van der Waals surface area contributed by atoms with Gasteiger partial charge in [0.1, 0.15) is 35.5 Å². The third kappa shape index (κ3) is 8.97. The van der Waals surface area contributed by atoms with E-state index >= 15 is 4.79 Å². The molecule has 1 saturated heterocycles. The number of fused-ring (bicyclic) bond motifs is 5. The van der Waals surface area contributed by atoms with Crippen LogP contribution in [0.1, 0.15) is 107 Å². The number of ether oxygens (including phenoxy) is 1. The van der Waals surface area contributed by atoms with Crippen LogP contribution in [0.5, 0.6) is 0 Å². The van der Waals surface area contributed by atoms with Crippen molar-refractivity contribution >= 4 is 39.5 Å². The van der Waals surface area contributed by atoms with Crippen molar-refractivity contribution in [1.29, 1.82) is 0 Å². The molecule has 0 radical (unpaired) electrons. The van der Waals surface area contributed by atoms with Gasteiger partial charge in [0.05, 0.1) is 11.3 Å². The van der Waals surface area contributed by atoms with Crippen LogP contribution in [0, 0.1) is 5.92 Å². The molecule has 4 fully saturated rings. The number of nitrogens with zero attached hydrogens (tertiary/aromatic N) is 3. The van der Waals surface area contributed by atoms with Crippen molar-refractivity contribution in [2.45, 2.75) is 137 Å². The van der Waals surface area contributed by atoms with Crippen LogP contribution in [0.2, 0.25) is 0 Å². The van der Waals surface area contributed by atoms with Gasteiger partial charge in [-0.15, -0.1) is 0 Å². The lowest BCUT2D eigenvalue weighted by Crippen LogP contribution is -2.59. The Morgan fingerprint density at radius 1 is 0.917 bits per heavy atom. The molecule has 322 valence electrons. The van der Waals surface area contributed by atoms with E-state index in [1.54, 1.807) is 4.90 Å². The lowest BCUT2D eigenvalue weighted by molar-refractivity contribution is -0.143. The number of amides is 4. The second kappa shape index (κ2) is 17.7. The molecule has 4 unspecified atom stereocenters. The number of carbonyl (C=O) groups is 4. The molecule has 4 amide bonds. The van der Waals surface area contributed by atoms with E-state index in [4.69, 9.17) is 14.7 Å². The maximum atomic E-state index is 15.2. The van der Waals surface area contributed by atoms with E-state index < -0.39 is 74.8 Å². The summed E-state index contributed by atoms with van der Waals surface area (Å²) in [5.74, 6) is -2.22. The minimum Gasteiger partial charge on any atom is -0.446 e. The van der Waals surface area contributed by atoms with Gasteiger partial charge >= 0.3 is 6.09 Å². The topological polar surface area (TPSA) is 176 Å². The first-order chi connectivity index (χ1) is 28.9. The fourth-order valence-electron chi connectivity index (χ4n) is 9.51. The second-order valence-electron chi connectivity index (χ2n) is 17.7. The van der Waals surface area contributed by atoms with E-state index in [0.717, 1.165) is 60.8 Å². The maximum absolute atomic E-state index is 15.2. The monoisotopic (exact) mass is 842 g/mol. The number of alkyl carbamates (subject to hydrolysis) is 1. The van der Waals surface area contributed by atoms with Gasteiger partial charge in [0.25, 0.3) is 5.91 Å². The quantitative estimate of drug-likeness (QED) is 0.174.